The van der Waals surface area contributed by atoms with Crippen LogP contribution in [0, 0.1) is 0 Å². The molecule has 0 atom stereocenters. The van der Waals surface area contributed by atoms with Crippen molar-refractivity contribution in [2.75, 3.05) is 4.90 Å². The molecule has 2 heteroatoms. The zero-order valence-corrected chi connectivity index (χ0v) is 25.3. The van der Waals surface area contributed by atoms with Crippen LogP contribution in [0.4, 0.5) is 17.1 Å². The SMILES string of the molecule is CC1(C)c2cc(N(c3ccccc3)c3ccc(-c4cccc5ccccc45)cc3)ccc2-c2ccc3oc4ccccc4c3c21. The van der Waals surface area contributed by atoms with Crippen molar-refractivity contribution in [3.05, 3.63) is 163 Å². The molecule has 0 fully saturated rings. The number of fused-ring (bicyclic) bond motifs is 8. The molecule has 2 nitrogen and oxygen atoms in total. The van der Waals surface area contributed by atoms with Crippen LogP contribution in [0.1, 0.15) is 25.0 Å². The highest BCUT2D eigenvalue weighted by Crippen LogP contribution is 2.54. The van der Waals surface area contributed by atoms with Gasteiger partial charge in [-0.1, -0.05) is 117 Å². The lowest BCUT2D eigenvalue weighted by Gasteiger charge is -2.28. The fourth-order valence-electron chi connectivity index (χ4n) is 7.54. The van der Waals surface area contributed by atoms with Gasteiger partial charge in [0.2, 0.25) is 0 Å². The van der Waals surface area contributed by atoms with Gasteiger partial charge in [0.25, 0.3) is 0 Å². The van der Waals surface area contributed by atoms with Crippen molar-refractivity contribution in [1.82, 2.24) is 0 Å². The fraction of sp³-hybridized carbons (Fsp3) is 0.0698. The summed E-state index contributed by atoms with van der Waals surface area (Å²) in [4.78, 5) is 2.37. The smallest absolute Gasteiger partial charge is 0.135 e. The van der Waals surface area contributed by atoms with E-state index in [1.165, 1.54) is 54.9 Å². The lowest BCUT2D eigenvalue weighted by Crippen LogP contribution is -2.17. The number of anilines is 3. The average Bonchev–Trinajstić information content (AvgIpc) is 3.57. The zero-order valence-electron chi connectivity index (χ0n) is 25.3. The fourth-order valence-corrected chi connectivity index (χ4v) is 7.54. The van der Waals surface area contributed by atoms with Crippen LogP contribution < -0.4 is 4.90 Å². The summed E-state index contributed by atoms with van der Waals surface area (Å²) in [5.41, 5.74) is 12.8. The van der Waals surface area contributed by atoms with Crippen molar-refractivity contribution < 1.29 is 4.42 Å². The maximum Gasteiger partial charge on any atom is 0.135 e. The highest BCUT2D eigenvalue weighted by atomic mass is 16.3. The molecule has 0 aliphatic heterocycles. The quantitative estimate of drug-likeness (QED) is 0.207. The zero-order chi connectivity index (χ0) is 30.1. The molecule has 0 radical (unpaired) electrons. The van der Waals surface area contributed by atoms with E-state index in [0.29, 0.717) is 0 Å². The van der Waals surface area contributed by atoms with Crippen LogP contribution in [0.3, 0.4) is 0 Å². The summed E-state index contributed by atoms with van der Waals surface area (Å²) in [5.74, 6) is 0. The second-order valence-electron chi connectivity index (χ2n) is 12.6. The van der Waals surface area contributed by atoms with Crippen molar-refractivity contribution in [1.29, 1.82) is 0 Å². The van der Waals surface area contributed by atoms with Crippen molar-refractivity contribution in [2.24, 2.45) is 0 Å². The van der Waals surface area contributed by atoms with Gasteiger partial charge in [0.15, 0.2) is 0 Å². The molecule has 1 aliphatic rings. The Morgan fingerprint density at radius 1 is 0.489 bits per heavy atom. The predicted octanol–water partition coefficient (Wildman–Crippen LogP) is 12.2. The van der Waals surface area contributed by atoms with E-state index in [9.17, 15) is 0 Å². The Balaban J connectivity index is 1.18. The molecular formula is C43H31NO. The molecule has 1 aliphatic carbocycles. The molecule has 9 rings (SSSR count). The van der Waals surface area contributed by atoms with Gasteiger partial charge in [0.05, 0.1) is 0 Å². The monoisotopic (exact) mass is 577 g/mol. The van der Waals surface area contributed by atoms with Crippen LogP contribution in [0.5, 0.6) is 0 Å². The van der Waals surface area contributed by atoms with Gasteiger partial charge in [-0.3, -0.25) is 0 Å². The van der Waals surface area contributed by atoms with E-state index in [1.54, 1.807) is 0 Å². The predicted molar refractivity (Wildman–Crippen MR) is 189 cm³/mol. The Kier molecular flexibility index (Phi) is 5.58. The summed E-state index contributed by atoms with van der Waals surface area (Å²) >= 11 is 0. The lowest BCUT2D eigenvalue weighted by atomic mass is 9.80. The van der Waals surface area contributed by atoms with E-state index in [2.05, 4.69) is 164 Å². The highest BCUT2D eigenvalue weighted by molar-refractivity contribution is 6.11. The van der Waals surface area contributed by atoms with Gasteiger partial charge in [-0.25, -0.2) is 0 Å². The first-order valence-electron chi connectivity index (χ1n) is 15.6. The van der Waals surface area contributed by atoms with Crippen LogP contribution in [0.25, 0.3) is 55.0 Å². The van der Waals surface area contributed by atoms with Crippen LogP contribution in [0.15, 0.2) is 156 Å². The highest BCUT2D eigenvalue weighted by Gasteiger charge is 2.38. The molecule has 1 heterocycles. The molecule has 0 saturated carbocycles. The number of para-hydroxylation sites is 2. The topological polar surface area (TPSA) is 16.4 Å². The summed E-state index contributed by atoms with van der Waals surface area (Å²) in [6.07, 6.45) is 0. The van der Waals surface area contributed by atoms with E-state index in [4.69, 9.17) is 4.42 Å². The molecule has 0 spiro atoms. The van der Waals surface area contributed by atoms with Gasteiger partial charge in [-0.2, -0.15) is 0 Å². The number of hydrogen-bond donors (Lipinski definition) is 0. The van der Waals surface area contributed by atoms with E-state index in [-0.39, 0.29) is 5.41 Å². The molecule has 0 amide bonds. The first-order chi connectivity index (χ1) is 22.1. The first-order valence-corrected chi connectivity index (χ1v) is 15.6. The second-order valence-corrected chi connectivity index (χ2v) is 12.6. The third-order valence-electron chi connectivity index (χ3n) is 9.63. The average molecular weight is 578 g/mol. The van der Waals surface area contributed by atoms with Crippen LogP contribution in [-0.2, 0) is 5.41 Å². The Bertz CT molecular complexity index is 2390. The van der Waals surface area contributed by atoms with Crippen molar-refractivity contribution in [3.63, 3.8) is 0 Å². The molecular weight excluding hydrogens is 546 g/mol. The Labute approximate surface area is 262 Å². The van der Waals surface area contributed by atoms with Gasteiger partial charge >= 0.3 is 0 Å². The number of rotatable bonds is 4. The molecule has 0 N–H and O–H groups in total. The minimum absolute atomic E-state index is 0.201. The van der Waals surface area contributed by atoms with Crippen molar-refractivity contribution in [3.8, 4) is 22.3 Å². The minimum atomic E-state index is -0.201. The molecule has 0 unspecified atom stereocenters. The molecule has 8 aromatic rings. The van der Waals surface area contributed by atoms with E-state index < -0.39 is 0 Å². The summed E-state index contributed by atoms with van der Waals surface area (Å²) in [7, 11) is 0. The summed E-state index contributed by atoms with van der Waals surface area (Å²) in [6.45, 7) is 4.71. The third-order valence-corrected chi connectivity index (χ3v) is 9.63. The molecule has 214 valence electrons. The van der Waals surface area contributed by atoms with E-state index in [0.717, 1.165) is 28.2 Å². The Morgan fingerprint density at radius 2 is 1.16 bits per heavy atom. The molecule has 0 bridgehead atoms. The molecule has 1 aromatic heterocycles. The summed E-state index contributed by atoms with van der Waals surface area (Å²) < 4.78 is 6.30. The van der Waals surface area contributed by atoms with Crippen molar-refractivity contribution in [2.45, 2.75) is 19.3 Å². The first kappa shape index (κ1) is 25.9. The van der Waals surface area contributed by atoms with E-state index in [1.807, 2.05) is 6.07 Å². The largest absolute Gasteiger partial charge is 0.456 e. The Hall–Kier alpha value is -5.60. The number of nitrogens with zero attached hydrogens (tertiary/aromatic N) is 1. The maximum absolute atomic E-state index is 6.30. The second kappa shape index (κ2) is 9.70. The van der Waals surface area contributed by atoms with Crippen LogP contribution >= 0.6 is 0 Å². The normalized spacial score (nSPS) is 13.3. The lowest BCUT2D eigenvalue weighted by molar-refractivity contribution is 0.657. The Morgan fingerprint density at radius 3 is 2.00 bits per heavy atom. The van der Waals surface area contributed by atoms with E-state index >= 15 is 0 Å². The van der Waals surface area contributed by atoms with Crippen LogP contribution in [-0.4, -0.2) is 0 Å². The number of benzene rings is 7. The maximum atomic E-state index is 6.30. The van der Waals surface area contributed by atoms with Crippen molar-refractivity contribution >= 4 is 49.8 Å². The summed E-state index contributed by atoms with van der Waals surface area (Å²) in [5, 5.41) is 4.94. The third kappa shape index (κ3) is 3.89. The van der Waals surface area contributed by atoms with Gasteiger partial charge in [0.1, 0.15) is 11.2 Å². The van der Waals surface area contributed by atoms with Gasteiger partial charge in [-0.15, -0.1) is 0 Å². The molecule has 0 saturated heterocycles. The number of hydrogen-bond acceptors (Lipinski definition) is 2. The molecule has 7 aromatic carbocycles. The summed E-state index contributed by atoms with van der Waals surface area (Å²) in [6, 6.07) is 54.6. The number of furan rings is 1. The van der Waals surface area contributed by atoms with Gasteiger partial charge in [-0.05, 0) is 92.7 Å². The molecule has 45 heavy (non-hydrogen) atoms. The minimum Gasteiger partial charge on any atom is -0.456 e. The van der Waals surface area contributed by atoms with Crippen LogP contribution in [0.2, 0.25) is 0 Å². The standard InChI is InChI=1S/C43H31NO/c1-43(2)38-27-32(23-24-35(38)36-25-26-40-41(42(36)43)37-16-8-9-18-39(37)45-40)44(30-13-4-3-5-14-30)31-21-19-29(20-22-31)34-17-10-12-28-11-6-7-15-33(28)34/h3-27H,1-2H3. The van der Waals surface area contributed by atoms with Gasteiger partial charge in [0, 0.05) is 33.2 Å². The van der Waals surface area contributed by atoms with Gasteiger partial charge < -0.3 is 9.32 Å².